The second kappa shape index (κ2) is 11.4. The molecule has 9 heteroatoms. The van der Waals surface area contributed by atoms with Crippen LogP contribution in [0.5, 0.6) is 17.2 Å². The predicted octanol–water partition coefficient (Wildman–Crippen LogP) is 6.32. The summed E-state index contributed by atoms with van der Waals surface area (Å²) in [5.41, 5.74) is 2.00. The van der Waals surface area contributed by atoms with Crippen molar-refractivity contribution in [1.82, 2.24) is 0 Å². The second-order valence-corrected chi connectivity index (χ2v) is 10.6. The monoisotopic (exact) mass is 566 g/mol. The Balaban J connectivity index is 1.65. The van der Waals surface area contributed by atoms with Gasteiger partial charge in [0.05, 0.1) is 29.6 Å². The molecule has 2 heterocycles. The zero-order valence-electron chi connectivity index (χ0n) is 23.1. The summed E-state index contributed by atoms with van der Waals surface area (Å²) in [7, 11) is 0. The number of quaternary nitrogens is 1. The predicted molar refractivity (Wildman–Crippen MR) is 148 cm³/mol. The first-order valence-corrected chi connectivity index (χ1v) is 13.6. The number of hydrogen-bond acceptors (Lipinski definition) is 5. The van der Waals surface area contributed by atoms with Gasteiger partial charge < -0.3 is 18.8 Å². The van der Waals surface area contributed by atoms with Crippen LogP contribution in [0.1, 0.15) is 57.6 Å². The lowest BCUT2D eigenvalue weighted by Gasteiger charge is -2.25. The van der Waals surface area contributed by atoms with Gasteiger partial charge in [0.15, 0.2) is 5.58 Å². The summed E-state index contributed by atoms with van der Waals surface area (Å²) in [4.78, 5) is 27.7. The van der Waals surface area contributed by atoms with Gasteiger partial charge in [-0.05, 0) is 87.6 Å². The number of halogens is 3. The van der Waals surface area contributed by atoms with Crippen molar-refractivity contribution in [2.24, 2.45) is 0 Å². The van der Waals surface area contributed by atoms with Crippen LogP contribution in [0.4, 0.5) is 13.2 Å². The molecule has 6 nitrogen and oxygen atoms in total. The molecule has 0 bridgehead atoms. The number of rotatable bonds is 6. The molecule has 5 rings (SSSR count). The van der Waals surface area contributed by atoms with Crippen LogP contribution in [-0.4, -0.2) is 19.1 Å². The number of carbonyl (C=O) groups excluding carboxylic acids is 1. The molecular weight excluding hydrogens is 535 g/mol. The van der Waals surface area contributed by atoms with Gasteiger partial charge in [-0.3, -0.25) is 4.79 Å². The molecule has 0 atom stereocenters. The highest BCUT2D eigenvalue weighted by molar-refractivity contribution is 5.92. The summed E-state index contributed by atoms with van der Waals surface area (Å²) >= 11 is 0. The minimum Gasteiger partial charge on any atom is -0.449 e. The molecule has 1 aromatic heterocycles. The van der Waals surface area contributed by atoms with E-state index in [-0.39, 0.29) is 34.6 Å². The minimum absolute atomic E-state index is 0.0558. The van der Waals surface area contributed by atoms with Crippen LogP contribution < -0.4 is 19.8 Å². The van der Waals surface area contributed by atoms with Gasteiger partial charge in [-0.15, -0.1) is 0 Å². The van der Waals surface area contributed by atoms with Crippen LogP contribution in [0.25, 0.3) is 11.0 Å². The summed E-state index contributed by atoms with van der Waals surface area (Å²) in [5.74, 6) is -2.99. The number of ether oxygens (including phenoxy) is 2. The summed E-state index contributed by atoms with van der Waals surface area (Å²) < 4.78 is 59.8. The number of fused-ring (bicyclic) bond motifs is 1. The third kappa shape index (κ3) is 6.15. The summed E-state index contributed by atoms with van der Waals surface area (Å²) in [6, 6.07) is 14.3. The third-order valence-electron chi connectivity index (χ3n) is 7.51. The maximum atomic E-state index is 14.4. The molecule has 41 heavy (non-hydrogen) atoms. The fourth-order valence-electron chi connectivity index (χ4n) is 5.04. The standard InChI is InChI=1S/C32H30F3NO5/c1-19-7-10-22(11-8-19)31(38)40-26-14-13-24-27(37)29(39-23-12-9-20(2)21(3)17-23)30(32(33,34)35)41-28(24)25(26)18-36-15-5-4-6-16-36/h7-14,17H,4-6,15-16,18H2,1-3H3/p+1. The average Bonchev–Trinajstić information content (AvgIpc) is 2.93. The smallest absolute Gasteiger partial charge is 0.449 e. The fraction of sp³-hybridized carbons (Fsp3) is 0.312. The Morgan fingerprint density at radius 3 is 2.29 bits per heavy atom. The molecule has 0 aliphatic carbocycles. The van der Waals surface area contributed by atoms with Gasteiger partial charge in [-0.1, -0.05) is 23.8 Å². The first-order valence-electron chi connectivity index (χ1n) is 13.6. The zero-order chi connectivity index (χ0) is 29.3. The molecular formula is C32H31F3NO5+. The molecule has 1 N–H and O–H groups in total. The van der Waals surface area contributed by atoms with Gasteiger partial charge in [-0.25, -0.2) is 4.79 Å². The van der Waals surface area contributed by atoms with E-state index in [4.69, 9.17) is 13.9 Å². The average molecular weight is 567 g/mol. The number of hydrogen-bond donors (Lipinski definition) is 1. The van der Waals surface area contributed by atoms with Crippen molar-refractivity contribution < 1.29 is 36.8 Å². The minimum atomic E-state index is -5.02. The highest BCUT2D eigenvalue weighted by Crippen LogP contribution is 2.40. The normalized spacial score (nSPS) is 14.3. The van der Waals surface area contributed by atoms with Crippen LogP contribution in [0.15, 0.2) is 63.8 Å². The van der Waals surface area contributed by atoms with E-state index in [0.29, 0.717) is 5.56 Å². The van der Waals surface area contributed by atoms with Crippen LogP contribution in [0.3, 0.4) is 0 Å². The molecule has 0 saturated carbocycles. The lowest BCUT2D eigenvalue weighted by atomic mass is 10.1. The van der Waals surface area contributed by atoms with Crippen LogP contribution >= 0.6 is 0 Å². The van der Waals surface area contributed by atoms with Gasteiger partial charge in [0.1, 0.15) is 18.0 Å². The van der Waals surface area contributed by atoms with Crippen molar-refractivity contribution in [3.63, 3.8) is 0 Å². The maximum absolute atomic E-state index is 14.4. The SMILES string of the molecule is Cc1ccc(C(=O)Oc2ccc3c(=O)c(Oc4ccc(C)c(C)c4)c(C(F)(F)F)oc3c2C[NH+]2CCCCC2)cc1. The molecule has 214 valence electrons. The topological polar surface area (TPSA) is 70.2 Å². The quantitative estimate of drug-likeness (QED) is 0.219. The molecule has 0 amide bonds. The number of esters is 1. The number of nitrogens with one attached hydrogen (secondary N) is 1. The van der Waals surface area contributed by atoms with E-state index in [0.717, 1.165) is 53.9 Å². The number of likely N-dealkylation sites (tertiary alicyclic amines) is 1. The van der Waals surface area contributed by atoms with Crippen molar-refractivity contribution in [2.75, 3.05) is 13.1 Å². The van der Waals surface area contributed by atoms with Crippen molar-refractivity contribution in [3.05, 3.63) is 98.4 Å². The Kier molecular flexibility index (Phi) is 7.91. The Bertz CT molecular complexity index is 1650. The molecule has 0 unspecified atom stereocenters. The van der Waals surface area contributed by atoms with Crippen molar-refractivity contribution in [2.45, 2.75) is 52.8 Å². The lowest BCUT2D eigenvalue weighted by molar-refractivity contribution is -0.918. The van der Waals surface area contributed by atoms with Gasteiger partial charge in [0.25, 0.3) is 5.76 Å². The molecule has 1 fully saturated rings. The van der Waals surface area contributed by atoms with Crippen LogP contribution in [0, 0.1) is 20.8 Å². The summed E-state index contributed by atoms with van der Waals surface area (Å²) in [6.07, 6.45) is -2.03. The first-order chi connectivity index (χ1) is 19.5. The van der Waals surface area contributed by atoms with E-state index in [1.54, 1.807) is 43.3 Å². The molecule has 3 aromatic carbocycles. The van der Waals surface area contributed by atoms with E-state index >= 15 is 0 Å². The van der Waals surface area contributed by atoms with Crippen molar-refractivity contribution >= 4 is 16.9 Å². The van der Waals surface area contributed by atoms with E-state index in [9.17, 15) is 22.8 Å². The zero-order valence-corrected chi connectivity index (χ0v) is 23.1. The van der Waals surface area contributed by atoms with E-state index in [1.807, 2.05) is 13.8 Å². The maximum Gasteiger partial charge on any atom is 0.453 e. The number of alkyl halides is 3. The fourth-order valence-corrected chi connectivity index (χ4v) is 5.04. The highest BCUT2D eigenvalue weighted by Gasteiger charge is 2.41. The number of aryl methyl sites for hydroxylation is 3. The summed E-state index contributed by atoms with van der Waals surface area (Å²) in [6.45, 7) is 7.36. The molecule has 1 aliphatic rings. The van der Waals surface area contributed by atoms with E-state index in [1.165, 1.54) is 18.2 Å². The molecule has 1 saturated heterocycles. The Morgan fingerprint density at radius 1 is 0.927 bits per heavy atom. The van der Waals surface area contributed by atoms with Crippen molar-refractivity contribution in [1.29, 1.82) is 0 Å². The number of piperidine rings is 1. The summed E-state index contributed by atoms with van der Waals surface area (Å²) in [5, 5.41) is -0.0848. The molecule has 1 aliphatic heterocycles. The largest absolute Gasteiger partial charge is 0.453 e. The number of carbonyl (C=O) groups is 1. The first kappa shape index (κ1) is 28.4. The van der Waals surface area contributed by atoms with Gasteiger partial charge in [-0.2, -0.15) is 13.2 Å². The molecule has 4 aromatic rings. The van der Waals surface area contributed by atoms with E-state index < -0.39 is 29.1 Å². The Morgan fingerprint density at radius 2 is 1.63 bits per heavy atom. The van der Waals surface area contributed by atoms with Crippen molar-refractivity contribution in [3.8, 4) is 17.2 Å². The van der Waals surface area contributed by atoms with Crippen LogP contribution in [-0.2, 0) is 12.7 Å². The highest BCUT2D eigenvalue weighted by atomic mass is 19.4. The van der Waals surface area contributed by atoms with Gasteiger partial charge >= 0.3 is 12.1 Å². The lowest BCUT2D eigenvalue weighted by Crippen LogP contribution is -3.11. The Hall–Kier alpha value is -4.11. The van der Waals surface area contributed by atoms with Gasteiger partial charge in [0.2, 0.25) is 11.2 Å². The Labute approximate surface area is 235 Å². The second-order valence-electron chi connectivity index (χ2n) is 10.6. The molecule has 0 spiro atoms. The number of benzene rings is 3. The van der Waals surface area contributed by atoms with Gasteiger partial charge in [0, 0.05) is 0 Å². The van der Waals surface area contributed by atoms with Crippen LogP contribution in [0.2, 0.25) is 0 Å². The third-order valence-corrected chi connectivity index (χ3v) is 7.51. The van der Waals surface area contributed by atoms with E-state index in [2.05, 4.69) is 0 Å². The molecule has 0 radical (unpaired) electrons.